The van der Waals surface area contributed by atoms with Crippen molar-refractivity contribution in [3.8, 4) is 12.8 Å². The van der Waals surface area contributed by atoms with E-state index in [1.807, 2.05) is 0 Å². The van der Waals surface area contributed by atoms with Crippen LogP contribution >= 0.6 is 0 Å². The summed E-state index contributed by atoms with van der Waals surface area (Å²) in [6.07, 6.45) is 18.7. The third kappa shape index (κ3) is 31.3. The van der Waals surface area contributed by atoms with E-state index in [0.717, 1.165) is 12.8 Å². The van der Waals surface area contributed by atoms with Gasteiger partial charge in [-0.1, -0.05) is 58.3 Å². The quantitative estimate of drug-likeness (QED) is 0.392. The van der Waals surface area contributed by atoms with Crippen molar-refractivity contribution >= 4 is 0 Å². The normalized spacial score (nSPS) is 10.8. The van der Waals surface area contributed by atoms with Crippen LogP contribution in [-0.4, -0.2) is 0 Å². The van der Waals surface area contributed by atoms with E-state index in [1.165, 1.54) is 24.8 Å². The van der Waals surface area contributed by atoms with Gasteiger partial charge >= 0.3 is 0 Å². The molecule has 0 aromatic rings. The monoisotopic (exact) mass is 236 g/mol. The van der Waals surface area contributed by atoms with E-state index in [1.54, 1.807) is 0 Å². The van der Waals surface area contributed by atoms with Gasteiger partial charge in [0.2, 0.25) is 0 Å². The first-order valence-corrected chi connectivity index (χ1v) is 6.72. The molecule has 0 nitrogen and oxygen atoms in total. The summed E-state index contributed by atoms with van der Waals surface area (Å²) in [6, 6.07) is 0. The summed E-state index contributed by atoms with van der Waals surface area (Å²) >= 11 is 0. The Bertz CT molecular complexity index is 181. The van der Waals surface area contributed by atoms with Crippen LogP contribution in [0.5, 0.6) is 0 Å². The highest BCUT2D eigenvalue weighted by atomic mass is 14.0. The smallest absolute Gasteiger partial charge is 0.0259 e. The van der Waals surface area contributed by atoms with E-state index in [2.05, 4.69) is 66.2 Å². The van der Waals surface area contributed by atoms with Crippen molar-refractivity contribution in [3.63, 3.8) is 0 Å². The van der Waals surface area contributed by atoms with Crippen molar-refractivity contribution < 1.29 is 0 Å². The van der Waals surface area contributed by atoms with Gasteiger partial charge in [-0.05, 0) is 32.1 Å². The Kier molecular flexibility index (Phi) is 25.7. The van der Waals surface area contributed by atoms with E-state index in [9.17, 15) is 0 Å². The van der Waals surface area contributed by atoms with Crippen LogP contribution in [0.15, 0.2) is 24.3 Å². The van der Waals surface area contributed by atoms with Gasteiger partial charge < -0.3 is 0 Å². The van der Waals surface area contributed by atoms with Crippen LogP contribution in [0.1, 0.15) is 66.7 Å². The van der Waals surface area contributed by atoms with Crippen LogP contribution < -0.4 is 0 Å². The molecule has 100 valence electrons. The molecule has 0 saturated carbocycles. The standard InChI is InChI=1S/C11H20.C4H10.C2H2/c1-5-6-7-11(4)9-8-10(2)3;1-3-4-2;1-2/h6-7,11H,2,5,8-9H2,1,3-4H3;3-4H2,1-2H3;1-2H/b7-6-;;. The zero-order chi connectivity index (χ0) is 14.1. The average Bonchev–Trinajstić information content (AvgIpc) is 2.36. The average molecular weight is 236 g/mol. The molecule has 0 bridgehead atoms. The molecule has 0 aliphatic heterocycles. The fourth-order valence-electron chi connectivity index (χ4n) is 0.939. The van der Waals surface area contributed by atoms with Gasteiger partial charge in [0.15, 0.2) is 0 Å². The van der Waals surface area contributed by atoms with E-state index in [4.69, 9.17) is 0 Å². The maximum atomic E-state index is 4.00. The Labute approximate surface area is 110 Å². The minimum absolute atomic E-state index is 0.714. The molecule has 0 saturated heterocycles. The summed E-state index contributed by atoms with van der Waals surface area (Å²) in [5.74, 6) is 0.714. The Morgan fingerprint density at radius 1 is 1.18 bits per heavy atom. The van der Waals surface area contributed by atoms with Gasteiger partial charge in [0.1, 0.15) is 0 Å². The molecule has 0 heterocycles. The van der Waals surface area contributed by atoms with Gasteiger partial charge in [-0.2, -0.15) is 0 Å². The van der Waals surface area contributed by atoms with E-state index in [0.29, 0.717) is 5.92 Å². The summed E-state index contributed by atoms with van der Waals surface area (Å²) in [5.41, 5.74) is 1.29. The first kappa shape index (κ1) is 21.3. The number of rotatable bonds is 6. The van der Waals surface area contributed by atoms with Crippen molar-refractivity contribution in [2.24, 2.45) is 5.92 Å². The summed E-state index contributed by atoms with van der Waals surface area (Å²) in [6.45, 7) is 14.8. The second-order valence-electron chi connectivity index (χ2n) is 4.31. The fraction of sp³-hybridized carbons (Fsp3) is 0.647. The second kappa shape index (κ2) is 20.5. The molecular formula is C17H32. The molecule has 0 aromatic heterocycles. The lowest BCUT2D eigenvalue weighted by Gasteiger charge is -2.04. The molecule has 0 aliphatic rings. The number of terminal acetylenes is 1. The predicted molar refractivity (Wildman–Crippen MR) is 83.1 cm³/mol. The first-order chi connectivity index (χ1) is 8.08. The zero-order valence-corrected chi connectivity index (χ0v) is 12.6. The number of allylic oxidation sites excluding steroid dienone is 3. The van der Waals surface area contributed by atoms with Gasteiger partial charge in [-0.15, -0.1) is 19.4 Å². The maximum Gasteiger partial charge on any atom is -0.0259 e. The summed E-state index contributed by atoms with van der Waals surface area (Å²) in [4.78, 5) is 0. The number of hydrogen-bond donors (Lipinski definition) is 0. The fourth-order valence-corrected chi connectivity index (χ4v) is 0.939. The lowest BCUT2D eigenvalue weighted by molar-refractivity contribution is 0.643. The predicted octanol–water partition coefficient (Wildman–Crippen LogP) is 6.00. The van der Waals surface area contributed by atoms with Crippen molar-refractivity contribution in [1.82, 2.24) is 0 Å². The Morgan fingerprint density at radius 2 is 1.65 bits per heavy atom. The maximum absolute atomic E-state index is 4.00. The van der Waals surface area contributed by atoms with Crippen LogP contribution in [0.4, 0.5) is 0 Å². The number of hydrogen-bond acceptors (Lipinski definition) is 0. The Morgan fingerprint density at radius 3 is 1.94 bits per heavy atom. The van der Waals surface area contributed by atoms with Crippen LogP contribution in [0.2, 0.25) is 0 Å². The third-order valence-corrected chi connectivity index (χ3v) is 2.23. The topological polar surface area (TPSA) is 0 Å². The molecule has 0 fully saturated rings. The van der Waals surface area contributed by atoms with Gasteiger partial charge in [0.05, 0.1) is 0 Å². The molecule has 0 heteroatoms. The number of unbranched alkanes of at least 4 members (excludes halogenated alkanes) is 1. The van der Waals surface area contributed by atoms with Crippen LogP contribution in [0, 0.1) is 18.8 Å². The summed E-state index contributed by atoms with van der Waals surface area (Å²) in [5, 5.41) is 0. The molecule has 0 aromatic carbocycles. The van der Waals surface area contributed by atoms with Crippen LogP contribution in [0.3, 0.4) is 0 Å². The van der Waals surface area contributed by atoms with Crippen molar-refractivity contribution in [2.45, 2.75) is 66.7 Å². The largest absolute Gasteiger partial charge is 0.124 e. The van der Waals surface area contributed by atoms with Gasteiger partial charge in [0.25, 0.3) is 0 Å². The minimum Gasteiger partial charge on any atom is -0.124 e. The highest BCUT2D eigenvalue weighted by Gasteiger charge is 1.95. The Hall–Kier alpha value is -0.960. The van der Waals surface area contributed by atoms with E-state index < -0.39 is 0 Å². The van der Waals surface area contributed by atoms with Crippen molar-refractivity contribution in [1.29, 1.82) is 0 Å². The summed E-state index contributed by atoms with van der Waals surface area (Å²) < 4.78 is 0. The molecule has 0 radical (unpaired) electrons. The van der Waals surface area contributed by atoms with Crippen LogP contribution in [-0.2, 0) is 0 Å². The zero-order valence-electron chi connectivity index (χ0n) is 12.6. The molecule has 0 N–H and O–H groups in total. The minimum atomic E-state index is 0.714. The first-order valence-electron chi connectivity index (χ1n) is 6.72. The van der Waals surface area contributed by atoms with E-state index >= 15 is 0 Å². The molecule has 0 spiro atoms. The SMILES string of the molecule is C#C.C=C(C)CCC(C)/C=C\CC.CCCC. The molecule has 1 atom stereocenters. The molecule has 17 heavy (non-hydrogen) atoms. The Balaban J connectivity index is -0.000000275. The highest BCUT2D eigenvalue weighted by Crippen LogP contribution is 2.11. The highest BCUT2D eigenvalue weighted by molar-refractivity contribution is 4.92. The molecule has 0 rings (SSSR count). The van der Waals surface area contributed by atoms with Crippen LogP contribution in [0.25, 0.3) is 0 Å². The lowest BCUT2D eigenvalue weighted by Crippen LogP contribution is -1.89. The summed E-state index contributed by atoms with van der Waals surface area (Å²) in [7, 11) is 0. The molecule has 0 amide bonds. The van der Waals surface area contributed by atoms with E-state index in [-0.39, 0.29) is 0 Å². The van der Waals surface area contributed by atoms with Gasteiger partial charge in [-0.3, -0.25) is 0 Å². The van der Waals surface area contributed by atoms with Crippen molar-refractivity contribution in [2.75, 3.05) is 0 Å². The lowest BCUT2D eigenvalue weighted by atomic mass is 10.0. The van der Waals surface area contributed by atoms with Crippen molar-refractivity contribution in [3.05, 3.63) is 24.3 Å². The van der Waals surface area contributed by atoms with Gasteiger partial charge in [-0.25, -0.2) is 0 Å². The molecule has 1 unspecified atom stereocenters. The van der Waals surface area contributed by atoms with Gasteiger partial charge in [0, 0.05) is 0 Å². The molecular weight excluding hydrogens is 204 g/mol. The molecule has 0 aliphatic carbocycles. The third-order valence-electron chi connectivity index (χ3n) is 2.23. The second-order valence-corrected chi connectivity index (χ2v) is 4.31.